The van der Waals surface area contributed by atoms with Crippen molar-refractivity contribution in [3.63, 3.8) is 0 Å². The average Bonchev–Trinajstić information content (AvgIpc) is 2.50. The lowest BCUT2D eigenvalue weighted by Crippen LogP contribution is -2.36. The number of para-hydroxylation sites is 1. The molecular formula is C15H17ClN4O2S. The summed E-state index contributed by atoms with van der Waals surface area (Å²) in [4.78, 5) is 4.06. The van der Waals surface area contributed by atoms with Crippen LogP contribution in [-0.4, -0.2) is 21.0 Å². The van der Waals surface area contributed by atoms with E-state index in [1.54, 1.807) is 36.4 Å². The van der Waals surface area contributed by atoms with Crippen LogP contribution in [0.5, 0.6) is 0 Å². The number of sulfonamides is 1. The lowest BCUT2D eigenvalue weighted by molar-refractivity contribution is 0.592. The summed E-state index contributed by atoms with van der Waals surface area (Å²) in [5.41, 5.74) is 6.89. The molecule has 2 rings (SSSR count). The SMILES string of the molecule is Cc1ccc(S(=O)(=O)N/C(=N/CN)Nc2ccccc2Cl)cc1. The molecule has 0 spiro atoms. The number of anilines is 1. The zero-order chi connectivity index (χ0) is 16.9. The van der Waals surface area contributed by atoms with E-state index in [-0.39, 0.29) is 17.5 Å². The van der Waals surface area contributed by atoms with E-state index in [0.29, 0.717) is 10.7 Å². The Hall–Kier alpha value is -2.09. The minimum Gasteiger partial charge on any atom is -0.324 e. The van der Waals surface area contributed by atoms with Gasteiger partial charge < -0.3 is 11.1 Å². The minimum absolute atomic E-state index is 0.00109. The van der Waals surface area contributed by atoms with Crippen molar-refractivity contribution in [2.75, 3.05) is 12.0 Å². The number of nitrogens with zero attached hydrogens (tertiary/aromatic N) is 1. The summed E-state index contributed by atoms with van der Waals surface area (Å²) in [6.07, 6.45) is 0. The number of aryl methyl sites for hydroxylation is 1. The molecule has 0 fully saturated rings. The van der Waals surface area contributed by atoms with Crippen LogP contribution in [0, 0.1) is 6.92 Å². The van der Waals surface area contributed by atoms with Gasteiger partial charge in [-0.3, -0.25) is 0 Å². The molecular weight excluding hydrogens is 336 g/mol. The number of rotatable bonds is 4. The lowest BCUT2D eigenvalue weighted by Gasteiger charge is -2.13. The fourth-order valence-corrected chi connectivity index (χ4v) is 2.95. The average molecular weight is 353 g/mol. The highest BCUT2D eigenvalue weighted by Gasteiger charge is 2.16. The second-order valence-corrected chi connectivity index (χ2v) is 6.80. The van der Waals surface area contributed by atoms with Gasteiger partial charge in [-0.1, -0.05) is 41.4 Å². The largest absolute Gasteiger partial charge is 0.324 e. The number of guanidine groups is 1. The van der Waals surface area contributed by atoms with Gasteiger partial charge in [0.25, 0.3) is 10.0 Å². The molecule has 0 heterocycles. The van der Waals surface area contributed by atoms with Gasteiger partial charge in [0.05, 0.1) is 22.3 Å². The van der Waals surface area contributed by atoms with Crippen molar-refractivity contribution in [2.24, 2.45) is 10.7 Å². The van der Waals surface area contributed by atoms with Crippen molar-refractivity contribution in [3.8, 4) is 0 Å². The predicted octanol–water partition coefficient (Wildman–Crippen LogP) is 2.31. The standard InChI is InChI=1S/C15H17ClN4O2S/c1-11-6-8-12(9-7-11)23(21,22)20-15(18-10-17)19-14-5-3-2-4-13(14)16/h2-9H,10,17H2,1H3,(H2,18,19,20). The normalized spacial score (nSPS) is 12.0. The molecule has 2 aromatic carbocycles. The van der Waals surface area contributed by atoms with Gasteiger partial charge >= 0.3 is 0 Å². The molecule has 0 unspecified atom stereocenters. The maximum atomic E-state index is 12.4. The number of hydrogen-bond acceptors (Lipinski definition) is 4. The maximum absolute atomic E-state index is 12.4. The number of hydrogen-bond donors (Lipinski definition) is 3. The molecule has 0 bridgehead atoms. The third kappa shape index (κ3) is 4.69. The molecule has 0 aliphatic rings. The summed E-state index contributed by atoms with van der Waals surface area (Å²) in [5.74, 6) is 0.00109. The Morgan fingerprint density at radius 2 is 1.83 bits per heavy atom. The van der Waals surface area contributed by atoms with Crippen LogP contribution in [0.3, 0.4) is 0 Å². The molecule has 0 aliphatic heterocycles. The van der Waals surface area contributed by atoms with Crippen LogP contribution in [0.25, 0.3) is 0 Å². The van der Waals surface area contributed by atoms with Crippen LogP contribution in [0.15, 0.2) is 58.4 Å². The first kappa shape index (κ1) is 17.3. The second kappa shape index (κ2) is 7.45. The Morgan fingerprint density at radius 1 is 1.17 bits per heavy atom. The Bertz CT molecular complexity index is 804. The number of halogens is 1. The van der Waals surface area contributed by atoms with E-state index < -0.39 is 10.0 Å². The number of benzene rings is 2. The predicted molar refractivity (Wildman–Crippen MR) is 93.1 cm³/mol. The zero-order valence-corrected chi connectivity index (χ0v) is 14.0. The number of nitrogens with two attached hydrogens (primary N) is 1. The quantitative estimate of drug-likeness (QED) is 0.581. The molecule has 2 aromatic rings. The van der Waals surface area contributed by atoms with Gasteiger partial charge in [0.1, 0.15) is 0 Å². The molecule has 23 heavy (non-hydrogen) atoms. The summed E-state index contributed by atoms with van der Waals surface area (Å²) in [7, 11) is -3.77. The van der Waals surface area contributed by atoms with Gasteiger partial charge in [-0.05, 0) is 31.2 Å². The van der Waals surface area contributed by atoms with Crippen molar-refractivity contribution < 1.29 is 8.42 Å². The molecule has 0 saturated heterocycles. The molecule has 0 atom stereocenters. The molecule has 0 aromatic heterocycles. The molecule has 0 saturated carbocycles. The zero-order valence-electron chi connectivity index (χ0n) is 12.5. The highest BCUT2D eigenvalue weighted by molar-refractivity contribution is 7.90. The van der Waals surface area contributed by atoms with Crippen molar-refractivity contribution >= 4 is 33.3 Å². The molecule has 0 amide bonds. The summed E-state index contributed by atoms with van der Waals surface area (Å²) in [6, 6.07) is 13.4. The Kier molecular flexibility index (Phi) is 5.59. The van der Waals surface area contributed by atoms with Crippen molar-refractivity contribution in [2.45, 2.75) is 11.8 Å². The van der Waals surface area contributed by atoms with Gasteiger partial charge in [0.15, 0.2) is 0 Å². The molecule has 4 N–H and O–H groups in total. The summed E-state index contributed by atoms with van der Waals surface area (Å²) < 4.78 is 27.2. The smallest absolute Gasteiger partial charge is 0.264 e. The van der Waals surface area contributed by atoms with Crippen molar-refractivity contribution in [3.05, 3.63) is 59.1 Å². The third-order valence-electron chi connectivity index (χ3n) is 2.94. The first-order valence-corrected chi connectivity index (χ1v) is 8.64. The fraction of sp³-hybridized carbons (Fsp3) is 0.133. The third-order valence-corrected chi connectivity index (χ3v) is 4.62. The Morgan fingerprint density at radius 3 is 2.43 bits per heavy atom. The van der Waals surface area contributed by atoms with Crippen LogP contribution >= 0.6 is 11.6 Å². The lowest BCUT2D eigenvalue weighted by atomic mass is 10.2. The maximum Gasteiger partial charge on any atom is 0.264 e. The minimum atomic E-state index is -3.77. The fourth-order valence-electron chi connectivity index (χ4n) is 1.78. The van der Waals surface area contributed by atoms with E-state index >= 15 is 0 Å². The topological polar surface area (TPSA) is 96.6 Å². The summed E-state index contributed by atoms with van der Waals surface area (Å²) in [5, 5.41) is 3.27. The Labute approximate surface area is 140 Å². The summed E-state index contributed by atoms with van der Waals surface area (Å²) in [6.45, 7) is 1.80. The van der Waals surface area contributed by atoms with Gasteiger partial charge in [-0.15, -0.1) is 0 Å². The molecule has 6 nitrogen and oxygen atoms in total. The van der Waals surface area contributed by atoms with Crippen molar-refractivity contribution in [1.82, 2.24) is 4.72 Å². The summed E-state index contributed by atoms with van der Waals surface area (Å²) >= 11 is 6.05. The van der Waals surface area contributed by atoms with Crippen molar-refractivity contribution in [1.29, 1.82) is 0 Å². The van der Waals surface area contributed by atoms with Gasteiger partial charge in [-0.25, -0.2) is 18.1 Å². The molecule has 0 aliphatic carbocycles. The van der Waals surface area contributed by atoms with E-state index in [1.165, 1.54) is 12.1 Å². The van der Waals surface area contributed by atoms with Gasteiger partial charge in [0, 0.05) is 0 Å². The first-order valence-electron chi connectivity index (χ1n) is 6.78. The Balaban J connectivity index is 2.24. The van der Waals surface area contributed by atoms with E-state index in [9.17, 15) is 8.42 Å². The van der Waals surface area contributed by atoms with E-state index in [2.05, 4.69) is 15.0 Å². The van der Waals surface area contributed by atoms with Crippen LogP contribution in [0.4, 0.5) is 5.69 Å². The van der Waals surface area contributed by atoms with Crippen LogP contribution in [0.2, 0.25) is 5.02 Å². The van der Waals surface area contributed by atoms with E-state index in [4.69, 9.17) is 17.3 Å². The monoisotopic (exact) mass is 352 g/mol. The number of nitrogens with one attached hydrogen (secondary N) is 2. The van der Waals surface area contributed by atoms with Gasteiger partial charge in [-0.2, -0.15) is 0 Å². The van der Waals surface area contributed by atoms with Crippen LogP contribution in [-0.2, 0) is 10.0 Å². The van der Waals surface area contributed by atoms with E-state index in [1.807, 2.05) is 6.92 Å². The molecule has 122 valence electrons. The first-order chi connectivity index (χ1) is 10.9. The molecule has 8 heteroatoms. The van der Waals surface area contributed by atoms with Gasteiger partial charge in [0.2, 0.25) is 5.96 Å². The number of aliphatic imine (C=N–C) groups is 1. The van der Waals surface area contributed by atoms with Crippen LogP contribution < -0.4 is 15.8 Å². The van der Waals surface area contributed by atoms with E-state index in [0.717, 1.165) is 5.56 Å². The molecule has 0 radical (unpaired) electrons. The highest BCUT2D eigenvalue weighted by atomic mass is 35.5. The second-order valence-electron chi connectivity index (χ2n) is 4.71. The highest BCUT2D eigenvalue weighted by Crippen LogP contribution is 2.20. The van der Waals surface area contributed by atoms with Crippen LogP contribution in [0.1, 0.15) is 5.56 Å².